The first-order valence-corrected chi connectivity index (χ1v) is 9.50. The zero-order valence-electron chi connectivity index (χ0n) is 14.4. The number of likely N-dealkylation sites (tertiary alicyclic amines) is 1. The highest BCUT2D eigenvalue weighted by molar-refractivity contribution is 5.30. The molecule has 3 saturated heterocycles. The van der Waals surface area contributed by atoms with E-state index in [-0.39, 0.29) is 0 Å². The third-order valence-electron chi connectivity index (χ3n) is 6.26. The van der Waals surface area contributed by atoms with Gasteiger partial charge < -0.3 is 4.74 Å². The van der Waals surface area contributed by atoms with Crippen LogP contribution in [-0.4, -0.2) is 48.6 Å². The summed E-state index contributed by atoms with van der Waals surface area (Å²) in [6, 6.07) is 11.0. The summed E-state index contributed by atoms with van der Waals surface area (Å²) in [6.07, 6.45) is 9.73. The first-order chi connectivity index (χ1) is 11.4. The molecule has 3 aliphatic heterocycles. The molecule has 4 rings (SSSR count). The van der Waals surface area contributed by atoms with Crippen LogP contribution >= 0.6 is 0 Å². The summed E-state index contributed by atoms with van der Waals surface area (Å²) < 4.78 is 5.33. The van der Waals surface area contributed by atoms with Crippen molar-refractivity contribution in [3.8, 4) is 5.75 Å². The van der Waals surface area contributed by atoms with Crippen molar-refractivity contribution in [1.82, 2.24) is 9.80 Å². The van der Waals surface area contributed by atoms with E-state index in [1.54, 1.807) is 7.11 Å². The van der Waals surface area contributed by atoms with E-state index in [1.165, 1.54) is 70.1 Å². The fourth-order valence-electron chi connectivity index (χ4n) is 5.10. The topological polar surface area (TPSA) is 15.7 Å². The standard InChI is InChI=1S/C20H30N2O/c1-23-17-10-8-16(9-11-17)19-15-20(21-12-4-2-5-13-21)18-7-3-6-14-22(18)19/h8-11,18-20H,2-7,12-15H2,1H3. The minimum Gasteiger partial charge on any atom is -0.497 e. The lowest BCUT2D eigenvalue weighted by Crippen LogP contribution is -2.48. The Morgan fingerprint density at radius 2 is 1.61 bits per heavy atom. The number of nitrogens with zero attached hydrogens (tertiary/aromatic N) is 2. The van der Waals surface area contributed by atoms with Gasteiger partial charge in [0.1, 0.15) is 5.75 Å². The van der Waals surface area contributed by atoms with E-state index < -0.39 is 0 Å². The van der Waals surface area contributed by atoms with Crippen molar-refractivity contribution < 1.29 is 4.74 Å². The van der Waals surface area contributed by atoms with Crippen LogP contribution in [0.3, 0.4) is 0 Å². The number of hydrogen-bond acceptors (Lipinski definition) is 3. The Kier molecular flexibility index (Phi) is 4.59. The summed E-state index contributed by atoms with van der Waals surface area (Å²) in [6.45, 7) is 3.93. The van der Waals surface area contributed by atoms with E-state index in [0.29, 0.717) is 6.04 Å². The number of fused-ring (bicyclic) bond motifs is 1. The maximum absolute atomic E-state index is 5.33. The van der Waals surface area contributed by atoms with Crippen molar-refractivity contribution in [3.05, 3.63) is 29.8 Å². The van der Waals surface area contributed by atoms with Crippen LogP contribution in [0.15, 0.2) is 24.3 Å². The average Bonchev–Trinajstić information content (AvgIpc) is 3.02. The molecule has 126 valence electrons. The fraction of sp³-hybridized carbons (Fsp3) is 0.700. The molecule has 3 heterocycles. The van der Waals surface area contributed by atoms with Crippen LogP contribution in [0.25, 0.3) is 0 Å². The summed E-state index contributed by atoms with van der Waals surface area (Å²) >= 11 is 0. The predicted octanol–water partition coefficient (Wildman–Crippen LogP) is 3.85. The second-order valence-corrected chi connectivity index (χ2v) is 7.49. The maximum Gasteiger partial charge on any atom is 0.118 e. The molecule has 0 N–H and O–H groups in total. The quantitative estimate of drug-likeness (QED) is 0.843. The molecule has 23 heavy (non-hydrogen) atoms. The number of piperidine rings is 2. The van der Waals surface area contributed by atoms with Gasteiger partial charge in [-0.25, -0.2) is 0 Å². The Morgan fingerprint density at radius 3 is 2.35 bits per heavy atom. The van der Waals surface area contributed by atoms with Crippen molar-refractivity contribution in [2.45, 2.75) is 63.1 Å². The molecule has 0 spiro atoms. The molecular formula is C20H30N2O. The Morgan fingerprint density at radius 1 is 0.870 bits per heavy atom. The molecule has 3 atom stereocenters. The van der Waals surface area contributed by atoms with E-state index in [2.05, 4.69) is 34.1 Å². The molecule has 0 saturated carbocycles. The summed E-state index contributed by atoms with van der Waals surface area (Å²) in [5.74, 6) is 0.967. The van der Waals surface area contributed by atoms with Crippen LogP contribution in [0.5, 0.6) is 5.75 Å². The second-order valence-electron chi connectivity index (χ2n) is 7.49. The predicted molar refractivity (Wildman–Crippen MR) is 93.9 cm³/mol. The Labute approximate surface area is 140 Å². The molecule has 3 nitrogen and oxygen atoms in total. The summed E-state index contributed by atoms with van der Waals surface area (Å²) in [5, 5.41) is 0. The molecule has 3 heteroatoms. The normalized spacial score (nSPS) is 32.7. The first kappa shape index (κ1) is 15.5. The van der Waals surface area contributed by atoms with E-state index in [0.717, 1.165) is 17.8 Å². The van der Waals surface area contributed by atoms with Gasteiger partial charge in [0.15, 0.2) is 0 Å². The van der Waals surface area contributed by atoms with Crippen molar-refractivity contribution in [2.75, 3.05) is 26.7 Å². The highest BCUT2D eigenvalue weighted by atomic mass is 16.5. The zero-order valence-corrected chi connectivity index (χ0v) is 14.4. The highest BCUT2D eigenvalue weighted by Gasteiger charge is 2.44. The molecule has 3 aliphatic rings. The summed E-state index contributed by atoms with van der Waals surface area (Å²) in [5.41, 5.74) is 1.48. The number of methoxy groups -OCH3 is 1. The highest BCUT2D eigenvalue weighted by Crippen LogP contribution is 2.43. The fourth-order valence-corrected chi connectivity index (χ4v) is 5.10. The zero-order chi connectivity index (χ0) is 15.6. The van der Waals surface area contributed by atoms with Crippen LogP contribution in [-0.2, 0) is 0 Å². The van der Waals surface area contributed by atoms with Gasteiger partial charge >= 0.3 is 0 Å². The molecule has 1 aromatic rings. The van der Waals surface area contributed by atoms with Crippen molar-refractivity contribution in [3.63, 3.8) is 0 Å². The van der Waals surface area contributed by atoms with E-state index in [9.17, 15) is 0 Å². The van der Waals surface area contributed by atoms with Gasteiger partial charge in [0.05, 0.1) is 7.11 Å². The van der Waals surface area contributed by atoms with Crippen LogP contribution < -0.4 is 4.74 Å². The molecule has 3 unspecified atom stereocenters. The molecular weight excluding hydrogens is 284 g/mol. The van der Waals surface area contributed by atoms with Crippen molar-refractivity contribution >= 4 is 0 Å². The maximum atomic E-state index is 5.33. The molecule has 0 aliphatic carbocycles. The molecule has 3 fully saturated rings. The SMILES string of the molecule is COc1ccc(C2CC(N3CCCCC3)C3CCCCN23)cc1. The van der Waals surface area contributed by atoms with Gasteiger partial charge in [-0.1, -0.05) is 25.0 Å². The number of benzene rings is 1. The number of hydrogen-bond donors (Lipinski definition) is 0. The second kappa shape index (κ2) is 6.82. The smallest absolute Gasteiger partial charge is 0.118 e. The van der Waals surface area contributed by atoms with Gasteiger partial charge in [0.25, 0.3) is 0 Å². The van der Waals surface area contributed by atoms with Crippen LogP contribution in [0, 0.1) is 0 Å². The lowest BCUT2D eigenvalue weighted by Gasteiger charge is -2.40. The average molecular weight is 314 g/mol. The van der Waals surface area contributed by atoms with Crippen molar-refractivity contribution in [2.24, 2.45) is 0 Å². The lowest BCUT2D eigenvalue weighted by molar-refractivity contribution is 0.0894. The Hall–Kier alpha value is -1.06. The van der Waals surface area contributed by atoms with Crippen LogP contribution in [0.4, 0.5) is 0 Å². The molecule has 0 aromatic heterocycles. The number of rotatable bonds is 3. The number of ether oxygens (including phenoxy) is 1. The van der Waals surface area contributed by atoms with E-state index >= 15 is 0 Å². The van der Waals surface area contributed by atoms with Crippen LogP contribution in [0.1, 0.15) is 56.6 Å². The third kappa shape index (κ3) is 3.01. The molecule has 0 bridgehead atoms. The first-order valence-electron chi connectivity index (χ1n) is 9.50. The van der Waals surface area contributed by atoms with Gasteiger partial charge in [0, 0.05) is 18.1 Å². The van der Waals surface area contributed by atoms with Gasteiger partial charge in [-0.3, -0.25) is 9.80 Å². The Balaban J connectivity index is 1.56. The summed E-state index contributed by atoms with van der Waals surface area (Å²) in [4.78, 5) is 5.64. The Bertz CT molecular complexity index is 509. The van der Waals surface area contributed by atoms with Crippen molar-refractivity contribution in [1.29, 1.82) is 0 Å². The van der Waals surface area contributed by atoms with Gasteiger partial charge in [-0.05, 0) is 69.4 Å². The van der Waals surface area contributed by atoms with Crippen LogP contribution in [0.2, 0.25) is 0 Å². The minimum absolute atomic E-state index is 0.609. The minimum atomic E-state index is 0.609. The third-order valence-corrected chi connectivity index (χ3v) is 6.26. The monoisotopic (exact) mass is 314 g/mol. The van der Waals surface area contributed by atoms with E-state index in [4.69, 9.17) is 4.74 Å². The van der Waals surface area contributed by atoms with Gasteiger partial charge in [-0.2, -0.15) is 0 Å². The molecule has 1 aromatic carbocycles. The lowest BCUT2D eigenvalue weighted by atomic mass is 9.96. The summed E-state index contributed by atoms with van der Waals surface area (Å²) in [7, 11) is 1.75. The molecule has 0 amide bonds. The van der Waals surface area contributed by atoms with E-state index in [1.807, 2.05) is 0 Å². The van der Waals surface area contributed by atoms with Gasteiger partial charge in [0.2, 0.25) is 0 Å². The molecule has 0 radical (unpaired) electrons. The van der Waals surface area contributed by atoms with Gasteiger partial charge in [-0.15, -0.1) is 0 Å². The largest absolute Gasteiger partial charge is 0.497 e.